The molecule has 1 rings (SSSR count). The number of hydrogen-bond donors (Lipinski definition) is 2. The molecule has 0 spiro atoms. The summed E-state index contributed by atoms with van der Waals surface area (Å²) in [7, 11) is 1.58. The molecule has 0 amide bonds. The number of rotatable bonds is 4. The van der Waals surface area contributed by atoms with Gasteiger partial charge in [-0.15, -0.1) is 12.4 Å². The molecule has 0 heterocycles. The van der Waals surface area contributed by atoms with Gasteiger partial charge in [0.15, 0.2) is 0 Å². The lowest BCUT2D eigenvalue weighted by Gasteiger charge is -2.26. The molecule has 0 aliphatic carbocycles. The van der Waals surface area contributed by atoms with Crippen LogP contribution < -0.4 is 15.4 Å². The van der Waals surface area contributed by atoms with Crippen molar-refractivity contribution in [3.8, 4) is 5.75 Å². The Morgan fingerprint density at radius 1 is 1.50 bits per heavy atom. The summed E-state index contributed by atoms with van der Waals surface area (Å²) in [4.78, 5) is 1.85. The summed E-state index contributed by atoms with van der Waals surface area (Å²) < 4.78 is 5.13. The van der Waals surface area contributed by atoms with Gasteiger partial charge >= 0.3 is 0 Å². The number of aliphatic hydroxyl groups excluding tert-OH is 1. The summed E-state index contributed by atoms with van der Waals surface area (Å²) in [5.74, 6) is 0.631. The Bertz CT molecular complexity index is 332. The molecule has 1 atom stereocenters. The molecule has 4 nitrogen and oxygen atoms in total. The molecule has 5 heteroatoms. The van der Waals surface area contributed by atoms with Crippen molar-refractivity contribution in [1.29, 1.82) is 0 Å². The van der Waals surface area contributed by atoms with E-state index < -0.39 is 6.23 Å². The number of aliphatic hydroxyl groups is 1. The largest absolute Gasteiger partial charge is 0.495 e. The van der Waals surface area contributed by atoms with Crippen LogP contribution >= 0.6 is 12.4 Å². The molecule has 0 radical (unpaired) electrons. The SMILES string of the molecule is CCN(c1ccc(N)c(OC)c1)C(C)O.Cl. The van der Waals surface area contributed by atoms with Crippen LogP contribution in [0.4, 0.5) is 11.4 Å². The molecule has 1 unspecified atom stereocenters. The van der Waals surface area contributed by atoms with Crippen molar-refractivity contribution in [1.82, 2.24) is 0 Å². The first-order valence-electron chi connectivity index (χ1n) is 4.98. The van der Waals surface area contributed by atoms with E-state index in [1.807, 2.05) is 24.0 Å². The van der Waals surface area contributed by atoms with E-state index in [-0.39, 0.29) is 12.4 Å². The van der Waals surface area contributed by atoms with Crippen LogP contribution in [0.1, 0.15) is 13.8 Å². The smallest absolute Gasteiger partial charge is 0.143 e. The fourth-order valence-electron chi connectivity index (χ4n) is 1.54. The van der Waals surface area contributed by atoms with Crippen LogP contribution in [0.3, 0.4) is 0 Å². The summed E-state index contributed by atoms with van der Waals surface area (Å²) in [6.45, 7) is 4.44. The van der Waals surface area contributed by atoms with Gasteiger partial charge in [-0.25, -0.2) is 0 Å². The molecule has 0 saturated heterocycles. The minimum atomic E-state index is -0.525. The van der Waals surface area contributed by atoms with Crippen molar-refractivity contribution in [3.05, 3.63) is 18.2 Å². The highest BCUT2D eigenvalue weighted by molar-refractivity contribution is 5.85. The van der Waals surface area contributed by atoms with Crippen molar-refractivity contribution in [2.45, 2.75) is 20.1 Å². The van der Waals surface area contributed by atoms with Crippen LogP contribution in [0.15, 0.2) is 18.2 Å². The fraction of sp³-hybridized carbons (Fsp3) is 0.455. The monoisotopic (exact) mass is 246 g/mol. The van der Waals surface area contributed by atoms with E-state index in [0.717, 1.165) is 12.2 Å². The summed E-state index contributed by atoms with van der Waals surface area (Å²) in [5, 5.41) is 9.55. The van der Waals surface area contributed by atoms with Gasteiger partial charge in [-0.3, -0.25) is 0 Å². The summed E-state index contributed by atoms with van der Waals surface area (Å²) in [5.41, 5.74) is 7.21. The topological polar surface area (TPSA) is 58.7 Å². The molecule has 0 saturated carbocycles. The van der Waals surface area contributed by atoms with Crippen molar-refractivity contribution in [2.24, 2.45) is 0 Å². The van der Waals surface area contributed by atoms with E-state index in [1.165, 1.54) is 0 Å². The second kappa shape index (κ2) is 6.45. The molecule has 1 aromatic carbocycles. The van der Waals surface area contributed by atoms with E-state index in [2.05, 4.69) is 0 Å². The van der Waals surface area contributed by atoms with Gasteiger partial charge in [0, 0.05) is 18.3 Å². The third-order valence-corrected chi connectivity index (χ3v) is 2.34. The minimum absolute atomic E-state index is 0. The number of methoxy groups -OCH3 is 1. The summed E-state index contributed by atoms with van der Waals surface area (Å²) >= 11 is 0. The fourth-order valence-corrected chi connectivity index (χ4v) is 1.54. The Morgan fingerprint density at radius 3 is 2.56 bits per heavy atom. The van der Waals surface area contributed by atoms with Crippen molar-refractivity contribution < 1.29 is 9.84 Å². The quantitative estimate of drug-likeness (QED) is 0.629. The Labute approximate surface area is 102 Å². The van der Waals surface area contributed by atoms with Crippen LogP contribution in [0, 0.1) is 0 Å². The number of nitrogens with zero attached hydrogens (tertiary/aromatic N) is 1. The third kappa shape index (κ3) is 3.18. The van der Waals surface area contributed by atoms with Crippen molar-refractivity contribution in [2.75, 3.05) is 24.3 Å². The van der Waals surface area contributed by atoms with E-state index in [4.69, 9.17) is 10.5 Å². The van der Waals surface area contributed by atoms with Gasteiger partial charge in [0.1, 0.15) is 12.0 Å². The zero-order chi connectivity index (χ0) is 11.4. The number of halogens is 1. The van der Waals surface area contributed by atoms with Crippen molar-refractivity contribution >= 4 is 23.8 Å². The van der Waals surface area contributed by atoms with Crippen LogP contribution in [0.25, 0.3) is 0 Å². The molecule has 0 bridgehead atoms. The van der Waals surface area contributed by atoms with E-state index in [1.54, 1.807) is 20.1 Å². The molecule has 0 fully saturated rings. The zero-order valence-electron chi connectivity index (χ0n) is 9.80. The predicted molar refractivity (Wildman–Crippen MR) is 69.4 cm³/mol. The van der Waals surface area contributed by atoms with Crippen molar-refractivity contribution in [3.63, 3.8) is 0 Å². The highest BCUT2D eigenvalue weighted by atomic mass is 35.5. The first-order chi connectivity index (χ1) is 7.10. The normalized spacial score (nSPS) is 11.5. The van der Waals surface area contributed by atoms with Gasteiger partial charge in [0.25, 0.3) is 0 Å². The molecule has 0 aromatic heterocycles. The number of ether oxygens (including phenoxy) is 1. The molecule has 0 aliphatic heterocycles. The number of hydrogen-bond acceptors (Lipinski definition) is 4. The average Bonchev–Trinajstić information content (AvgIpc) is 2.21. The summed E-state index contributed by atoms with van der Waals surface area (Å²) in [6, 6.07) is 5.47. The maximum atomic E-state index is 9.55. The van der Waals surface area contributed by atoms with Gasteiger partial charge in [0.2, 0.25) is 0 Å². The van der Waals surface area contributed by atoms with E-state index >= 15 is 0 Å². The Kier molecular flexibility index (Phi) is 6.00. The third-order valence-electron chi connectivity index (χ3n) is 2.34. The second-order valence-electron chi connectivity index (χ2n) is 3.34. The lowest BCUT2D eigenvalue weighted by Crippen LogP contribution is -2.32. The number of nitrogens with two attached hydrogens (primary N) is 1. The first-order valence-corrected chi connectivity index (χ1v) is 4.98. The second-order valence-corrected chi connectivity index (χ2v) is 3.34. The number of benzene rings is 1. The molecule has 0 aliphatic rings. The highest BCUT2D eigenvalue weighted by Gasteiger charge is 2.11. The standard InChI is InChI=1S/C11H18N2O2.ClH/c1-4-13(8(2)14)9-5-6-10(12)11(7-9)15-3;/h5-8,14H,4,12H2,1-3H3;1H. The minimum Gasteiger partial charge on any atom is -0.495 e. The Hall–Kier alpha value is -1.13. The lowest BCUT2D eigenvalue weighted by atomic mass is 10.2. The zero-order valence-corrected chi connectivity index (χ0v) is 10.6. The van der Waals surface area contributed by atoms with Gasteiger partial charge < -0.3 is 20.5 Å². The van der Waals surface area contributed by atoms with Gasteiger partial charge in [-0.1, -0.05) is 0 Å². The average molecular weight is 247 g/mol. The lowest BCUT2D eigenvalue weighted by molar-refractivity contribution is 0.190. The molecule has 1 aromatic rings. The predicted octanol–water partition coefficient (Wildman–Crippen LogP) is 1.86. The van der Waals surface area contributed by atoms with Crippen LogP contribution in [0.5, 0.6) is 5.75 Å². The van der Waals surface area contributed by atoms with E-state index in [0.29, 0.717) is 11.4 Å². The highest BCUT2D eigenvalue weighted by Crippen LogP contribution is 2.27. The van der Waals surface area contributed by atoms with Crippen LogP contribution in [0.2, 0.25) is 0 Å². The number of anilines is 2. The molecular weight excluding hydrogens is 228 g/mol. The first kappa shape index (κ1) is 14.9. The maximum absolute atomic E-state index is 9.55. The summed E-state index contributed by atoms with van der Waals surface area (Å²) in [6.07, 6.45) is -0.525. The Morgan fingerprint density at radius 2 is 2.12 bits per heavy atom. The Balaban J connectivity index is 0.00000225. The van der Waals surface area contributed by atoms with Gasteiger partial charge in [-0.2, -0.15) is 0 Å². The molecule has 92 valence electrons. The van der Waals surface area contributed by atoms with Gasteiger partial charge in [0.05, 0.1) is 12.8 Å². The van der Waals surface area contributed by atoms with Crippen LogP contribution in [-0.2, 0) is 0 Å². The van der Waals surface area contributed by atoms with Crippen LogP contribution in [-0.4, -0.2) is 25.0 Å². The maximum Gasteiger partial charge on any atom is 0.143 e. The van der Waals surface area contributed by atoms with E-state index in [9.17, 15) is 5.11 Å². The van der Waals surface area contributed by atoms with Gasteiger partial charge in [-0.05, 0) is 26.0 Å². The number of nitrogen functional groups attached to an aromatic ring is 1. The molecule has 16 heavy (non-hydrogen) atoms. The molecular formula is C11H19ClN2O2. The molecule has 3 N–H and O–H groups in total.